The first-order valence-corrected chi connectivity index (χ1v) is 10.1. The predicted molar refractivity (Wildman–Crippen MR) is 114 cm³/mol. The molecule has 31 heavy (non-hydrogen) atoms. The van der Waals surface area contributed by atoms with Gasteiger partial charge in [0.2, 0.25) is 0 Å². The average Bonchev–Trinajstić information content (AvgIpc) is 2.69. The summed E-state index contributed by atoms with van der Waals surface area (Å²) in [4.78, 5) is 28.9. The summed E-state index contributed by atoms with van der Waals surface area (Å²) in [6.07, 6.45) is 0.802. The van der Waals surface area contributed by atoms with E-state index in [0.29, 0.717) is 0 Å². The van der Waals surface area contributed by atoms with Crippen molar-refractivity contribution in [1.82, 2.24) is 10.3 Å². The van der Waals surface area contributed by atoms with Crippen molar-refractivity contribution in [2.45, 2.75) is 52.7 Å². The zero-order valence-electron chi connectivity index (χ0n) is 18.6. The second kappa shape index (κ2) is 10.2. The molecule has 2 rings (SSSR count). The van der Waals surface area contributed by atoms with Gasteiger partial charge >= 0.3 is 5.97 Å². The topological polar surface area (TPSA) is 97.8 Å². The zero-order valence-corrected chi connectivity index (χ0v) is 18.6. The van der Waals surface area contributed by atoms with Gasteiger partial charge in [-0.15, -0.1) is 0 Å². The molecule has 0 radical (unpaired) electrons. The minimum absolute atomic E-state index is 0.0958. The first-order valence-electron chi connectivity index (χ1n) is 10.1. The van der Waals surface area contributed by atoms with Gasteiger partial charge in [0.1, 0.15) is 18.0 Å². The number of ether oxygens (including phenoxy) is 2. The van der Waals surface area contributed by atoms with Crippen molar-refractivity contribution in [1.29, 1.82) is 0 Å². The van der Waals surface area contributed by atoms with E-state index >= 15 is 0 Å². The molecule has 0 aliphatic carbocycles. The molecule has 0 aliphatic heterocycles. The third kappa shape index (κ3) is 5.71. The Labute approximate surface area is 181 Å². The van der Waals surface area contributed by atoms with Gasteiger partial charge in [-0.3, -0.25) is 4.79 Å². The highest BCUT2D eigenvalue weighted by Crippen LogP contribution is 2.32. The number of nitrogens with zero attached hydrogens (tertiary/aromatic N) is 1. The molecule has 1 amide bonds. The Kier molecular flexibility index (Phi) is 7.96. The molecule has 1 aromatic carbocycles. The van der Waals surface area contributed by atoms with Crippen LogP contribution in [-0.4, -0.2) is 41.2 Å². The fourth-order valence-electron chi connectivity index (χ4n) is 3.62. The van der Waals surface area contributed by atoms with E-state index in [4.69, 9.17) is 9.47 Å². The van der Waals surface area contributed by atoms with Crippen LogP contribution >= 0.6 is 0 Å². The number of benzene rings is 1. The zero-order chi connectivity index (χ0) is 23.3. The van der Waals surface area contributed by atoms with Gasteiger partial charge in [0.25, 0.3) is 5.91 Å². The van der Waals surface area contributed by atoms with Crippen molar-refractivity contribution in [2.24, 2.45) is 5.92 Å². The quantitative estimate of drug-likeness (QED) is 0.617. The number of carbonyl (C=O) groups is 2. The van der Waals surface area contributed by atoms with E-state index in [1.165, 1.54) is 38.4 Å². The van der Waals surface area contributed by atoms with E-state index in [0.717, 1.165) is 11.1 Å². The summed E-state index contributed by atoms with van der Waals surface area (Å²) in [5, 5.41) is 12.5. The van der Waals surface area contributed by atoms with E-state index in [1.54, 1.807) is 13.0 Å². The second-order valence-corrected chi connectivity index (χ2v) is 7.82. The molecule has 0 saturated heterocycles. The molecule has 0 spiro atoms. The van der Waals surface area contributed by atoms with Gasteiger partial charge in [-0.2, -0.15) is 0 Å². The van der Waals surface area contributed by atoms with Crippen molar-refractivity contribution in [3.63, 3.8) is 0 Å². The van der Waals surface area contributed by atoms with Gasteiger partial charge in [0, 0.05) is 18.2 Å². The van der Waals surface area contributed by atoms with Crippen LogP contribution in [0, 0.1) is 18.7 Å². The fourth-order valence-corrected chi connectivity index (χ4v) is 3.62. The van der Waals surface area contributed by atoms with Crippen molar-refractivity contribution in [3.8, 4) is 11.5 Å². The number of amides is 1. The summed E-state index contributed by atoms with van der Waals surface area (Å²) in [5.41, 5.74) is 1.43. The summed E-state index contributed by atoms with van der Waals surface area (Å²) in [7, 11) is 1.35. The predicted octanol–water partition coefficient (Wildman–Crippen LogP) is 3.73. The molecule has 2 aromatic rings. The first-order chi connectivity index (χ1) is 14.6. The van der Waals surface area contributed by atoms with Crippen LogP contribution in [0.4, 0.5) is 4.39 Å². The molecule has 0 bridgehead atoms. The molecule has 1 aromatic heterocycles. The third-order valence-corrected chi connectivity index (χ3v) is 5.14. The highest BCUT2D eigenvalue weighted by Gasteiger charge is 2.30. The lowest BCUT2D eigenvalue weighted by Crippen LogP contribution is -2.42. The van der Waals surface area contributed by atoms with Crippen LogP contribution in [0.1, 0.15) is 55.2 Å². The monoisotopic (exact) mass is 432 g/mol. The first kappa shape index (κ1) is 24.1. The highest BCUT2D eigenvalue weighted by molar-refractivity contribution is 5.97. The molecule has 7 nitrogen and oxygen atoms in total. The Morgan fingerprint density at radius 2 is 1.84 bits per heavy atom. The van der Waals surface area contributed by atoms with Gasteiger partial charge in [0.15, 0.2) is 17.2 Å². The summed E-state index contributed by atoms with van der Waals surface area (Å²) < 4.78 is 24.1. The molecule has 3 unspecified atom stereocenters. The van der Waals surface area contributed by atoms with Crippen LogP contribution in [0.3, 0.4) is 0 Å². The summed E-state index contributed by atoms with van der Waals surface area (Å²) in [6, 6.07) is 4.99. The molecule has 2 N–H and O–H groups in total. The minimum Gasteiger partial charge on any atom is -0.503 e. The van der Waals surface area contributed by atoms with Gasteiger partial charge in [-0.25, -0.2) is 14.2 Å². The summed E-state index contributed by atoms with van der Waals surface area (Å²) in [5.74, 6) is -2.04. The number of aromatic hydroxyl groups is 1. The molecule has 0 saturated carbocycles. The van der Waals surface area contributed by atoms with Crippen LogP contribution in [0.15, 0.2) is 30.5 Å². The Hall–Kier alpha value is -3.16. The van der Waals surface area contributed by atoms with Gasteiger partial charge in [0.05, 0.1) is 7.11 Å². The van der Waals surface area contributed by atoms with Crippen LogP contribution in [-0.2, 0) is 9.53 Å². The van der Waals surface area contributed by atoms with Crippen molar-refractivity contribution in [3.05, 3.63) is 53.1 Å². The molecule has 0 aliphatic rings. The SMILES string of the molecule is COc1ccnc(C(=O)NC(C)C(=O)OC(C)C(c2ccc(F)cc2C)C(C)C)c1O. The van der Waals surface area contributed by atoms with E-state index in [-0.39, 0.29) is 29.1 Å². The molecule has 0 fully saturated rings. The van der Waals surface area contributed by atoms with Crippen LogP contribution in [0.25, 0.3) is 0 Å². The van der Waals surface area contributed by atoms with Crippen molar-refractivity contribution >= 4 is 11.9 Å². The lowest BCUT2D eigenvalue weighted by molar-refractivity contribution is -0.151. The second-order valence-electron chi connectivity index (χ2n) is 7.82. The Morgan fingerprint density at radius 1 is 1.16 bits per heavy atom. The average molecular weight is 432 g/mol. The summed E-state index contributed by atoms with van der Waals surface area (Å²) >= 11 is 0. The number of pyridine rings is 1. The maximum Gasteiger partial charge on any atom is 0.328 e. The maximum atomic E-state index is 13.5. The number of nitrogens with one attached hydrogen (secondary N) is 1. The largest absolute Gasteiger partial charge is 0.503 e. The number of halogens is 1. The number of aryl methyl sites for hydroxylation is 1. The molecular weight excluding hydrogens is 403 g/mol. The van der Waals surface area contributed by atoms with E-state index < -0.39 is 29.8 Å². The minimum atomic E-state index is -0.982. The normalized spacial score (nSPS) is 13.9. The maximum absolute atomic E-state index is 13.5. The third-order valence-electron chi connectivity index (χ3n) is 5.14. The summed E-state index contributed by atoms with van der Waals surface area (Å²) in [6.45, 7) is 9.08. The van der Waals surface area contributed by atoms with Gasteiger partial charge in [-0.1, -0.05) is 19.9 Å². The van der Waals surface area contributed by atoms with E-state index in [1.807, 2.05) is 20.8 Å². The van der Waals surface area contributed by atoms with Crippen LogP contribution in [0.5, 0.6) is 11.5 Å². The van der Waals surface area contributed by atoms with Crippen LogP contribution < -0.4 is 10.1 Å². The Morgan fingerprint density at radius 3 is 2.42 bits per heavy atom. The lowest BCUT2D eigenvalue weighted by atomic mass is 9.82. The molecule has 3 atom stereocenters. The standard InChI is InChI=1S/C23H29FN2O5/c1-12(2)19(17-8-7-16(24)11-13(17)3)15(5)31-23(29)14(4)26-22(28)20-21(27)18(30-6)9-10-25-20/h7-12,14-15,19,27H,1-6H3,(H,26,28). The number of methoxy groups -OCH3 is 1. The highest BCUT2D eigenvalue weighted by atomic mass is 19.1. The van der Waals surface area contributed by atoms with E-state index in [2.05, 4.69) is 10.3 Å². The molecule has 8 heteroatoms. The van der Waals surface area contributed by atoms with Crippen molar-refractivity contribution in [2.75, 3.05) is 7.11 Å². The lowest BCUT2D eigenvalue weighted by Gasteiger charge is -2.30. The molecule has 168 valence electrons. The fraction of sp³-hybridized carbons (Fsp3) is 0.435. The molecule has 1 heterocycles. The van der Waals surface area contributed by atoms with E-state index in [9.17, 15) is 19.1 Å². The number of hydrogen-bond donors (Lipinski definition) is 2. The Balaban J connectivity index is 2.11. The smallest absolute Gasteiger partial charge is 0.328 e. The van der Waals surface area contributed by atoms with Gasteiger partial charge in [-0.05, 0) is 49.9 Å². The number of carbonyl (C=O) groups excluding carboxylic acids is 2. The Bertz CT molecular complexity index is 948. The van der Waals surface area contributed by atoms with Crippen LogP contribution in [0.2, 0.25) is 0 Å². The number of rotatable bonds is 8. The number of aromatic nitrogens is 1. The molecular formula is C23H29FN2O5. The van der Waals surface area contributed by atoms with Crippen molar-refractivity contribution < 1.29 is 28.6 Å². The number of hydrogen-bond acceptors (Lipinski definition) is 6. The van der Waals surface area contributed by atoms with Gasteiger partial charge < -0.3 is 19.9 Å². The number of esters is 1.